The Morgan fingerprint density at radius 1 is 1.24 bits per heavy atom. The Bertz CT molecular complexity index is 1230. The lowest BCUT2D eigenvalue weighted by Crippen LogP contribution is -2.45. The van der Waals surface area contributed by atoms with Gasteiger partial charge in [-0.15, -0.1) is 0 Å². The van der Waals surface area contributed by atoms with Crippen molar-refractivity contribution in [2.45, 2.75) is 44.2 Å². The molecule has 1 aromatic carbocycles. The number of hydrogen-bond acceptors (Lipinski definition) is 6. The normalized spacial score (nSPS) is 24.0. The number of anilines is 3. The van der Waals surface area contributed by atoms with Gasteiger partial charge in [0.1, 0.15) is 11.4 Å². The maximum atomic E-state index is 13.3. The number of rotatable bonds is 3. The number of aromatic nitrogens is 2. The minimum absolute atomic E-state index is 0.202. The Morgan fingerprint density at radius 3 is 2.97 bits per heavy atom. The summed E-state index contributed by atoms with van der Waals surface area (Å²) >= 11 is 12.8. The molecule has 2 unspecified atom stereocenters. The van der Waals surface area contributed by atoms with Crippen LogP contribution in [0.2, 0.25) is 0 Å². The summed E-state index contributed by atoms with van der Waals surface area (Å²) in [5.41, 5.74) is 4.73. The van der Waals surface area contributed by atoms with Crippen molar-refractivity contribution < 1.29 is 4.79 Å². The lowest BCUT2D eigenvalue weighted by atomic mass is 9.94. The van der Waals surface area contributed by atoms with Crippen molar-refractivity contribution >= 4 is 46.6 Å². The molecule has 2 atom stereocenters. The predicted molar refractivity (Wildman–Crippen MR) is 130 cm³/mol. The van der Waals surface area contributed by atoms with Crippen LogP contribution in [0.25, 0.3) is 0 Å². The molecule has 0 radical (unpaired) electrons. The number of hydrogen-bond donors (Lipinski definition) is 2. The molecular weight excluding hydrogens is 459 g/mol. The average Bonchev–Trinajstić information content (AvgIpc) is 3.19. The van der Waals surface area contributed by atoms with Crippen molar-refractivity contribution in [1.82, 2.24) is 20.2 Å². The molecule has 2 bridgehead atoms. The van der Waals surface area contributed by atoms with Crippen LogP contribution in [-0.4, -0.2) is 40.5 Å². The van der Waals surface area contributed by atoms with Crippen molar-refractivity contribution in [3.05, 3.63) is 62.9 Å². The molecule has 4 heterocycles. The van der Waals surface area contributed by atoms with E-state index < -0.39 is 0 Å². The van der Waals surface area contributed by atoms with Crippen LogP contribution in [0.15, 0.2) is 46.2 Å². The predicted octanol–water partition coefficient (Wildman–Crippen LogP) is 4.79. The number of nitrogens with zero attached hydrogens (tertiary/aromatic N) is 4. The third-order valence-corrected chi connectivity index (χ3v) is 7.59. The molecule has 1 fully saturated rings. The van der Waals surface area contributed by atoms with Gasteiger partial charge >= 0.3 is 0 Å². The summed E-state index contributed by atoms with van der Waals surface area (Å²) in [5.74, 6) is 0.842. The molecule has 9 heteroatoms. The molecule has 1 aromatic heterocycles. The van der Waals surface area contributed by atoms with Crippen molar-refractivity contribution in [3.8, 4) is 0 Å². The minimum atomic E-state index is -0.202. The molecule has 4 aliphatic rings. The zero-order valence-electron chi connectivity index (χ0n) is 18.2. The van der Waals surface area contributed by atoms with Gasteiger partial charge in [-0.25, -0.2) is 4.98 Å². The number of nitrogens with one attached hydrogen (secondary N) is 2. The number of carbonyl (C=O) groups is 1. The minimum Gasteiger partial charge on any atom is -0.341 e. The van der Waals surface area contributed by atoms with Crippen molar-refractivity contribution in [3.63, 3.8) is 0 Å². The van der Waals surface area contributed by atoms with Gasteiger partial charge in [0, 0.05) is 36.0 Å². The summed E-state index contributed by atoms with van der Waals surface area (Å²) in [4.78, 5) is 25.9. The second-order valence-electron chi connectivity index (χ2n) is 9.08. The van der Waals surface area contributed by atoms with E-state index in [4.69, 9.17) is 23.2 Å². The van der Waals surface area contributed by atoms with Crippen LogP contribution >= 0.6 is 23.2 Å². The largest absolute Gasteiger partial charge is 0.341 e. The molecule has 7 nitrogen and oxygen atoms in total. The Morgan fingerprint density at radius 2 is 2.12 bits per heavy atom. The van der Waals surface area contributed by atoms with Gasteiger partial charge in [-0.2, -0.15) is 4.98 Å². The molecule has 6 rings (SSSR count). The molecule has 0 saturated carbocycles. The Balaban J connectivity index is 1.27. The number of fused-ring (bicyclic) bond motifs is 5. The van der Waals surface area contributed by atoms with Gasteiger partial charge in [-0.1, -0.05) is 35.3 Å². The summed E-state index contributed by atoms with van der Waals surface area (Å²) in [6, 6.07) is 7.52. The summed E-state index contributed by atoms with van der Waals surface area (Å²) in [5, 5.41) is 8.12. The third kappa shape index (κ3) is 3.59. The lowest BCUT2D eigenvalue weighted by Gasteiger charge is -2.37. The number of carbonyl (C=O) groups excluding carboxylic acids is 1. The van der Waals surface area contributed by atoms with E-state index in [0.29, 0.717) is 58.3 Å². The standard InChI is InChI=1S/C24H24Cl2N6O/c1-31-12-32(21-18(25)3-2-4-19(21)26)23(33)17-11-27-24(30-22(17)31)29-15-6-5-13-9-14-7-8-20(28-14)16(13)10-15/h3,5-6,10-11,14,20,28H,2,4,7-9,12H2,1H3,(H,27,29,30). The highest BCUT2D eigenvalue weighted by Crippen LogP contribution is 2.38. The molecular formula is C24H24Cl2N6O. The smallest absolute Gasteiger partial charge is 0.265 e. The Hall–Kier alpha value is -2.61. The Labute approximate surface area is 202 Å². The zero-order chi connectivity index (χ0) is 22.7. The summed E-state index contributed by atoms with van der Waals surface area (Å²) < 4.78 is 0. The summed E-state index contributed by atoms with van der Waals surface area (Å²) in [7, 11) is 1.89. The zero-order valence-corrected chi connectivity index (χ0v) is 19.7. The van der Waals surface area contributed by atoms with Crippen LogP contribution in [0, 0.1) is 0 Å². The van der Waals surface area contributed by atoms with E-state index in [-0.39, 0.29) is 5.91 Å². The van der Waals surface area contributed by atoms with Crippen molar-refractivity contribution in [2.24, 2.45) is 0 Å². The SMILES string of the molecule is CN1CN(C2=C(Cl)CCC=C2Cl)C(=O)c2cnc(Nc3ccc4c(c3)C3CCC(C4)N3)nc21. The third-order valence-electron chi connectivity index (χ3n) is 6.88. The number of benzene rings is 1. The highest BCUT2D eigenvalue weighted by atomic mass is 35.5. The van der Waals surface area contributed by atoms with E-state index in [9.17, 15) is 4.79 Å². The highest BCUT2D eigenvalue weighted by molar-refractivity contribution is 6.36. The first-order valence-electron chi connectivity index (χ1n) is 11.3. The first-order chi connectivity index (χ1) is 16.0. The topological polar surface area (TPSA) is 73.4 Å². The van der Waals surface area contributed by atoms with E-state index in [1.165, 1.54) is 24.0 Å². The molecule has 170 valence electrons. The average molecular weight is 483 g/mol. The fourth-order valence-electron chi connectivity index (χ4n) is 5.28. The van der Waals surface area contributed by atoms with Gasteiger partial charge in [0.15, 0.2) is 0 Å². The molecule has 2 N–H and O–H groups in total. The monoisotopic (exact) mass is 482 g/mol. The van der Waals surface area contributed by atoms with Gasteiger partial charge < -0.3 is 15.5 Å². The number of allylic oxidation sites excluding steroid dienone is 3. The lowest BCUT2D eigenvalue weighted by molar-refractivity contribution is 0.0797. The van der Waals surface area contributed by atoms with E-state index in [2.05, 4.69) is 38.8 Å². The summed E-state index contributed by atoms with van der Waals surface area (Å²) in [6.45, 7) is 0.311. The van der Waals surface area contributed by atoms with Gasteiger partial charge in [0.25, 0.3) is 5.91 Å². The second-order valence-corrected chi connectivity index (χ2v) is 9.95. The second kappa shape index (κ2) is 8.01. The molecule has 33 heavy (non-hydrogen) atoms. The first-order valence-corrected chi connectivity index (χ1v) is 12.0. The van der Waals surface area contributed by atoms with Gasteiger partial charge in [0.05, 0.1) is 17.4 Å². The van der Waals surface area contributed by atoms with Crippen LogP contribution in [0.3, 0.4) is 0 Å². The van der Waals surface area contributed by atoms with E-state index in [1.807, 2.05) is 18.0 Å². The molecule has 0 spiro atoms. The molecule has 1 amide bonds. The van der Waals surface area contributed by atoms with E-state index in [1.54, 1.807) is 11.1 Å². The summed E-state index contributed by atoms with van der Waals surface area (Å²) in [6.07, 6.45) is 8.42. The van der Waals surface area contributed by atoms with Gasteiger partial charge in [0.2, 0.25) is 5.95 Å². The molecule has 3 aliphatic heterocycles. The van der Waals surface area contributed by atoms with Crippen LogP contribution in [0.4, 0.5) is 17.5 Å². The number of halogens is 2. The van der Waals surface area contributed by atoms with E-state index >= 15 is 0 Å². The van der Waals surface area contributed by atoms with Crippen molar-refractivity contribution in [1.29, 1.82) is 0 Å². The molecule has 1 saturated heterocycles. The fraction of sp³-hybridized carbons (Fsp3) is 0.375. The van der Waals surface area contributed by atoms with Crippen LogP contribution in [0.5, 0.6) is 0 Å². The molecule has 2 aromatic rings. The maximum Gasteiger partial charge on any atom is 0.265 e. The van der Waals surface area contributed by atoms with Crippen molar-refractivity contribution in [2.75, 3.05) is 23.9 Å². The maximum absolute atomic E-state index is 13.3. The quantitative estimate of drug-likeness (QED) is 0.655. The number of amides is 1. The van der Waals surface area contributed by atoms with Crippen LogP contribution in [-0.2, 0) is 6.42 Å². The fourth-order valence-corrected chi connectivity index (χ4v) is 5.97. The first kappa shape index (κ1) is 21.0. The van der Waals surface area contributed by atoms with Crippen LogP contribution < -0.4 is 15.5 Å². The Kier molecular flexibility index (Phi) is 5.09. The highest BCUT2D eigenvalue weighted by Gasteiger charge is 2.35. The van der Waals surface area contributed by atoms with Gasteiger partial charge in [-0.3, -0.25) is 9.69 Å². The van der Waals surface area contributed by atoms with Gasteiger partial charge in [-0.05, 0) is 55.4 Å². The van der Waals surface area contributed by atoms with E-state index in [0.717, 1.165) is 18.5 Å². The molecule has 1 aliphatic carbocycles. The van der Waals surface area contributed by atoms with Crippen LogP contribution in [0.1, 0.15) is 53.2 Å².